The van der Waals surface area contributed by atoms with Crippen molar-refractivity contribution in [1.29, 1.82) is 0 Å². The van der Waals surface area contributed by atoms with Gasteiger partial charge in [-0.3, -0.25) is 9.59 Å². The van der Waals surface area contributed by atoms with Gasteiger partial charge in [-0.2, -0.15) is 0 Å². The minimum atomic E-state index is -0.835. The molecule has 5 nitrogen and oxygen atoms in total. The van der Waals surface area contributed by atoms with Gasteiger partial charge in [0.2, 0.25) is 5.91 Å². The average Bonchev–Trinajstić information content (AvgIpc) is 3.02. The summed E-state index contributed by atoms with van der Waals surface area (Å²) in [5.41, 5.74) is -0.719. The van der Waals surface area contributed by atoms with Crippen LogP contribution in [0.3, 0.4) is 0 Å². The zero-order valence-corrected chi connectivity index (χ0v) is 15.0. The van der Waals surface area contributed by atoms with Crippen molar-refractivity contribution >= 4 is 23.4 Å². The highest BCUT2D eigenvalue weighted by Crippen LogP contribution is 2.39. The first-order valence-corrected chi connectivity index (χ1v) is 8.93. The lowest BCUT2D eigenvalue weighted by Crippen LogP contribution is -2.61. The fourth-order valence-corrected chi connectivity index (χ4v) is 4.14. The number of hydrogen-bond donors (Lipinski definition) is 0. The van der Waals surface area contributed by atoms with E-state index in [1.807, 2.05) is 0 Å². The third-order valence-corrected chi connectivity index (χ3v) is 5.49. The lowest BCUT2D eigenvalue weighted by Gasteiger charge is -2.44. The molecular formula is C18H22ClFN2O3. The normalized spacial score (nSPS) is 23.6. The maximum Gasteiger partial charge on any atom is 0.256 e. The van der Waals surface area contributed by atoms with Crippen LogP contribution in [0, 0.1) is 5.82 Å². The Labute approximate surface area is 151 Å². The molecule has 25 heavy (non-hydrogen) atoms. The standard InChI is InChI=1S/C18H22ClFN2O3/c1-25-11-10-21-8-2-6-18(17(21)24)7-3-9-22(18)16(23)14-12-13(20)4-5-15(14)19/h4-5,12H,2-3,6-11H2,1H3. The molecule has 0 bridgehead atoms. The number of likely N-dealkylation sites (tertiary alicyclic amines) is 2. The van der Waals surface area contributed by atoms with Gasteiger partial charge in [0.25, 0.3) is 5.91 Å². The van der Waals surface area contributed by atoms with Gasteiger partial charge >= 0.3 is 0 Å². The third-order valence-electron chi connectivity index (χ3n) is 5.16. The molecule has 136 valence electrons. The van der Waals surface area contributed by atoms with Crippen molar-refractivity contribution in [1.82, 2.24) is 9.80 Å². The highest BCUT2D eigenvalue weighted by Gasteiger charge is 2.52. The van der Waals surface area contributed by atoms with E-state index in [4.69, 9.17) is 16.3 Å². The molecule has 0 radical (unpaired) electrons. The second-order valence-corrected chi connectivity index (χ2v) is 7.01. The molecule has 1 atom stereocenters. The second-order valence-electron chi connectivity index (χ2n) is 6.60. The summed E-state index contributed by atoms with van der Waals surface area (Å²) in [5, 5.41) is 0.202. The number of nitrogens with zero attached hydrogens (tertiary/aromatic N) is 2. The molecule has 0 aliphatic carbocycles. The van der Waals surface area contributed by atoms with Crippen LogP contribution in [0.25, 0.3) is 0 Å². The lowest BCUT2D eigenvalue weighted by molar-refractivity contribution is -0.146. The van der Waals surface area contributed by atoms with Gasteiger partial charge in [0.1, 0.15) is 11.4 Å². The van der Waals surface area contributed by atoms with Gasteiger partial charge in [-0.1, -0.05) is 11.6 Å². The minimum Gasteiger partial charge on any atom is -0.383 e. The first-order valence-electron chi connectivity index (χ1n) is 8.55. The largest absolute Gasteiger partial charge is 0.383 e. The van der Waals surface area contributed by atoms with Crippen LogP contribution in [-0.2, 0) is 9.53 Å². The number of benzene rings is 1. The van der Waals surface area contributed by atoms with Gasteiger partial charge in [-0.25, -0.2) is 4.39 Å². The Morgan fingerprint density at radius 3 is 2.76 bits per heavy atom. The first-order chi connectivity index (χ1) is 12.0. The van der Waals surface area contributed by atoms with Crippen molar-refractivity contribution in [2.45, 2.75) is 31.2 Å². The van der Waals surface area contributed by atoms with Crippen molar-refractivity contribution in [3.05, 3.63) is 34.6 Å². The van der Waals surface area contributed by atoms with Crippen molar-refractivity contribution in [2.75, 3.05) is 33.4 Å². The van der Waals surface area contributed by atoms with Crippen molar-refractivity contribution < 1.29 is 18.7 Å². The molecular weight excluding hydrogens is 347 g/mol. The van der Waals surface area contributed by atoms with Crippen molar-refractivity contribution in [2.24, 2.45) is 0 Å². The minimum absolute atomic E-state index is 0.0332. The molecule has 1 spiro atoms. The number of rotatable bonds is 4. The van der Waals surface area contributed by atoms with E-state index in [-0.39, 0.29) is 22.4 Å². The van der Waals surface area contributed by atoms with E-state index in [2.05, 4.69) is 0 Å². The second kappa shape index (κ2) is 7.30. The number of ether oxygens (including phenoxy) is 1. The number of halogens is 2. The SMILES string of the molecule is COCCN1CCCC2(CCCN2C(=O)c2cc(F)ccc2Cl)C1=O. The predicted octanol–water partition coefficient (Wildman–Crippen LogP) is 2.72. The van der Waals surface area contributed by atoms with Gasteiger partial charge < -0.3 is 14.5 Å². The third kappa shape index (κ3) is 3.25. The van der Waals surface area contributed by atoms with Crippen LogP contribution in [0.15, 0.2) is 18.2 Å². The topological polar surface area (TPSA) is 49.9 Å². The summed E-state index contributed by atoms with van der Waals surface area (Å²) in [6, 6.07) is 3.74. The molecule has 1 aromatic rings. The van der Waals surface area contributed by atoms with Crippen molar-refractivity contribution in [3.8, 4) is 0 Å². The first kappa shape index (κ1) is 18.1. The van der Waals surface area contributed by atoms with E-state index in [1.165, 1.54) is 12.1 Å². The quantitative estimate of drug-likeness (QED) is 0.821. The summed E-state index contributed by atoms with van der Waals surface area (Å²) >= 11 is 6.10. The highest BCUT2D eigenvalue weighted by molar-refractivity contribution is 6.33. The Kier molecular flexibility index (Phi) is 5.29. The molecule has 2 aliphatic rings. The molecule has 2 heterocycles. The maximum atomic E-state index is 13.6. The average molecular weight is 369 g/mol. The number of carbonyl (C=O) groups is 2. The molecule has 2 aliphatic heterocycles. The summed E-state index contributed by atoms with van der Waals surface area (Å²) < 4.78 is 18.7. The molecule has 2 saturated heterocycles. The number of methoxy groups -OCH3 is 1. The zero-order valence-electron chi connectivity index (χ0n) is 14.3. The molecule has 3 rings (SSSR count). The molecule has 7 heteroatoms. The Bertz CT molecular complexity index is 684. The van der Waals surface area contributed by atoms with Crippen LogP contribution in [0.4, 0.5) is 4.39 Å². The summed E-state index contributed by atoms with van der Waals surface area (Å²) in [6.45, 7) is 2.13. The lowest BCUT2D eigenvalue weighted by atomic mass is 9.85. The Morgan fingerprint density at radius 1 is 1.32 bits per heavy atom. The van der Waals surface area contributed by atoms with Crippen LogP contribution in [0.1, 0.15) is 36.0 Å². The van der Waals surface area contributed by atoms with Gasteiger partial charge in [0.05, 0.1) is 17.2 Å². The molecule has 0 N–H and O–H groups in total. The van der Waals surface area contributed by atoms with Gasteiger partial charge in [0.15, 0.2) is 0 Å². The van der Waals surface area contributed by atoms with Crippen molar-refractivity contribution in [3.63, 3.8) is 0 Å². The summed E-state index contributed by atoms with van der Waals surface area (Å²) in [6.07, 6.45) is 2.85. The van der Waals surface area contributed by atoms with E-state index in [1.54, 1.807) is 16.9 Å². The highest BCUT2D eigenvalue weighted by atomic mass is 35.5. The molecule has 1 aromatic carbocycles. The fourth-order valence-electron chi connectivity index (χ4n) is 3.94. The van der Waals surface area contributed by atoms with Crippen LogP contribution in [-0.4, -0.2) is 60.5 Å². The van der Waals surface area contributed by atoms with Crippen LogP contribution >= 0.6 is 11.6 Å². The van der Waals surface area contributed by atoms with E-state index in [0.29, 0.717) is 39.1 Å². The molecule has 0 aromatic heterocycles. The van der Waals surface area contributed by atoms with Gasteiger partial charge in [-0.05, 0) is 43.9 Å². The van der Waals surface area contributed by atoms with Crippen LogP contribution in [0.2, 0.25) is 5.02 Å². The molecule has 1 unspecified atom stereocenters. The van der Waals surface area contributed by atoms with E-state index in [0.717, 1.165) is 18.9 Å². The van der Waals surface area contributed by atoms with Gasteiger partial charge in [0, 0.05) is 26.7 Å². The Balaban J connectivity index is 1.89. The van der Waals surface area contributed by atoms with Crippen LogP contribution < -0.4 is 0 Å². The maximum absolute atomic E-state index is 13.6. The van der Waals surface area contributed by atoms with E-state index < -0.39 is 11.4 Å². The Morgan fingerprint density at radius 2 is 2.04 bits per heavy atom. The van der Waals surface area contributed by atoms with E-state index in [9.17, 15) is 14.0 Å². The number of piperidine rings is 1. The molecule has 2 amide bonds. The summed E-state index contributed by atoms with van der Waals surface area (Å²) in [5.74, 6) is -0.921. The predicted molar refractivity (Wildman–Crippen MR) is 92.1 cm³/mol. The molecule has 2 fully saturated rings. The number of carbonyl (C=O) groups excluding carboxylic acids is 2. The number of amides is 2. The van der Waals surface area contributed by atoms with E-state index >= 15 is 0 Å². The molecule has 0 saturated carbocycles. The van der Waals surface area contributed by atoms with Gasteiger partial charge in [-0.15, -0.1) is 0 Å². The monoisotopic (exact) mass is 368 g/mol. The Hall–Kier alpha value is -1.66. The fraction of sp³-hybridized carbons (Fsp3) is 0.556. The summed E-state index contributed by atoms with van der Waals surface area (Å²) in [4.78, 5) is 29.5. The van der Waals surface area contributed by atoms with Crippen LogP contribution in [0.5, 0.6) is 0 Å². The number of hydrogen-bond acceptors (Lipinski definition) is 3. The smallest absolute Gasteiger partial charge is 0.256 e. The zero-order chi connectivity index (χ0) is 18.0. The summed E-state index contributed by atoms with van der Waals surface area (Å²) in [7, 11) is 1.60.